The highest BCUT2D eigenvalue weighted by Gasteiger charge is 2.30. The minimum atomic E-state index is -3.92. The van der Waals surface area contributed by atoms with Gasteiger partial charge in [0.2, 0.25) is 15.8 Å². The van der Waals surface area contributed by atoms with E-state index in [2.05, 4.69) is 4.90 Å². The molecule has 0 aliphatic carbocycles. The molecule has 0 bridgehead atoms. The summed E-state index contributed by atoms with van der Waals surface area (Å²) in [6.07, 6.45) is 0. The van der Waals surface area contributed by atoms with Crippen molar-refractivity contribution >= 4 is 27.3 Å². The Morgan fingerprint density at radius 3 is 2.30 bits per heavy atom. The zero-order valence-corrected chi connectivity index (χ0v) is 15.8. The van der Waals surface area contributed by atoms with Gasteiger partial charge in [-0.2, -0.15) is 8.70 Å². The van der Waals surface area contributed by atoms with E-state index in [1.54, 1.807) is 12.1 Å². The Balaban J connectivity index is 1.68. The maximum absolute atomic E-state index is 13.5. The number of halogens is 2. The van der Waals surface area contributed by atoms with Crippen LogP contribution in [-0.4, -0.2) is 48.7 Å². The standard InChI is InChI=1S/C17H17ClFN3O4S/c18-14-3-1-13(2-4-14)12-20-7-9-21(10-8-20)27(25,26)15-5-6-16(19)17(11-15)22(23)24/h1-6,11H,7-10,12H2. The van der Waals surface area contributed by atoms with Gasteiger partial charge in [0.05, 0.1) is 9.82 Å². The van der Waals surface area contributed by atoms with Crippen LogP contribution < -0.4 is 0 Å². The molecule has 1 saturated heterocycles. The van der Waals surface area contributed by atoms with Crippen LogP contribution in [0.3, 0.4) is 0 Å². The normalized spacial score (nSPS) is 16.4. The number of hydrogen-bond acceptors (Lipinski definition) is 5. The summed E-state index contributed by atoms with van der Waals surface area (Å²) in [5, 5.41) is 11.5. The molecule has 0 unspecified atom stereocenters. The van der Waals surface area contributed by atoms with Gasteiger partial charge in [-0.3, -0.25) is 15.0 Å². The fraction of sp³-hybridized carbons (Fsp3) is 0.294. The van der Waals surface area contributed by atoms with E-state index >= 15 is 0 Å². The van der Waals surface area contributed by atoms with Gasteiger partial charge in [0.1, 0.15) is 0 Å². The molecule has 27 heavy (non-hydrogen) atoms. The molecule has 0 saturated carbocycles. The fourth-order valence-corrected chi connectivity index (χ4v) is 4.49. The lowest BCUT2D eigenvalue weighted by Gasteiger charge is -2.34. The minimum Gasteiger partial charge on any atom is -0.296 e. The average Bonchev–Trinajstić information content (AvgIpc) is 2.64. The van der Waals surface area contributed by atoms with Gasteiger partial charge < -0.3 is 0 Å². The number of piperazine rings is 1. The molecule has 0 radical (unpaired) electrons. The minimum absolute atomic E-state index is 0.251. The second-order valence-corrected chi connectivity index (χ2v) is 8.55. The molecule has 1 aliphatic rings. The van der Waals surface area contributed by atoms with Crippen molar-refractivity contribution in [3.63, 3.8) is 0 Å². The van der Waals surface area contributed by atoms with Crippen LogP contribution in [0.25, 0.3) is 0 Å². The van der Waals surface area contributed by atoms with Crippen molar-refractivity contribution in [3.8, 4) is 0 Å². The van der Waals surface area contributed by atoms with Crippen molar-refractivity contribution < 1.29 is 17.7 Å². The summed E-state index contributed by atoms with van der Waals surface area (Å²) >= 11 is 5.87. The molecule has 10 heteroatoms. The van der Waals surface area contributed by atoms with E-state index in [9.17, 15) is 22.9 Å². The van der Waals surface area contributed by atoms with Crippen LogP contribution in [0, 0.1) is 15.9 Å². The molecule has 0 spiro atoms. The van der Waals surface area contributed by atoms with Crippen LogP contribution in [0.15, 0.2) is 47.4 Å². The maximum atomic E-state index is 13.5. The molecule has 7 nitrogen and oxygen atoms in total. The van der Waals surface area contributed by atoms with E-state index in [0.29, 0.717) is 24.7 Å². The molecule has 144 valence electrons. The van der Waals surface area contributed by atoms with Crippen LogP contribution in [0.4, 0.5) is 10.1 Å². The third kappa shape index (κ3) is 4.44. The van der Waals surface area contributed by atoms with Gasteiger partial charge in [0.15, 0.2) is 0 Å². The molecular weight excluding hydrogens is 397 g/mol. The summed E-state index contributed by atoms with van der Waals surface area (Å²) in [5.41, 5.74) is 0.224. The van der Waals surface area contributed by atoms with Gasteiger partial charge in [-0.1, -0.05) is 23.7 Å². The third-order valence-electron chi connectivity index (χ3n) is 4.40. The highest BCUT2D eigenvalue weighted by molar-refractivity contribution is 7.89. The predicted molar refractivity (Wildman–Crippen MR) is 98.5 cm³/mol. The van der Waals surface area contributed by atoms with E-state index in [-0.39, 0.29) is 18.0 Å². The van der Waals surface area contributed by atoms with Gasteiger partial charge in [0.25, 0.3) is 0 Å². The van der Waals surface area contributed by atoms with Crippen molar-refractivity contribution in [2.45, 2.75) is 11.4 Å². The summed E-state index contributed by atoms with van der Waals surface area (Å²) in [6.45, 7) is 2.21. The topological polar surface area (TPSA) is 83.8 Å². The number of nitro groups is 1. The highest BCUT2D eigenvalue weighted by Crippen LogP contribution is 2.25. The van der Waals surface area contributed by atoms with Crippen LogP contribution >= 0.6 is 11.6 Å². The number of sulfonamides is 1. The SMILES string of the molecule is O=[N+]([O-])c1cc(S(=O)(=O)N2CCN(Cc3ccc(Cl)cc3)CC2)ccc1F. The first-order valence-corrected chi connectivity index (χ1v) is 10.00. The van der Waals surface area contributed by atoms with Gasteiger partial charge in [0, 0.05) is 43.8 Å². The Kier molecular flexibility index (Phi) is 5.75. The van der Waals surface area contributed by atoms with Crippen molar-refractivity contribution in [3.05, 3.63) is 69.0 Å². The monoisotopic (exact) mass is 413 g/mol. The summed E-state index contributed by atoms with van der Waals surface area (Å²) in [7, 11) is -3.92. The first kappa shape index (κ1) is 19.7. The molecule has 3 rings (SSSR count). The Bertz CT molecular complexity index is 945. The number of benzene rings is 2. The summed E-state index contributed by atoms with van der Waals surface area (Å²) in [5.74, 6) is -1.06. The van der Waals surface area contributed by atoms with Crippen molar-refractivity contribution in [2.24, 2.45) is 0 Å². The summed E-state index contributed by atoms with van der Waals surface area (Å²) < 4.78 is 40.2. The van der Waals surface area contributed by atoms with E-state index < -0.39 is 26.5 Å². The summed E-state index contributed by atoms with van der Waals surface area (Å²) in [6, 6.07) is 10.1. The second-order valence-electron chi connectivity index (χ2n) is 6.18. The average molecular weight is 414 g/mol. The van der Waals surface area contributed by atoms with Crippen molar-refractivity contribution in [2.75, 3.05) is 26.2 Å². The fourth-order valence-electron chi connectivity index (χ4n) is 2.92. The molecule has 1 aliphatic heterocycles. The predicted octanol–water partition coefficient (Wildman–Crippen LogP) is 2.89. The number of nitro benzene ring substituents is 1. The van der Waals surface area contributed by atoms with E-state index in [1.807, 2.05) is 12.1 Å². The van der Waals surface area contributed by atoms with Crippen molar-refractivity contribution in [1.82, 2.24) is 9.21 Å². The van der Waals surface area contributed by atoms with Gasteiger partial charge >= 0.3 is 5.69 Å². The molecule has 2 aromatic rings. The molecule has 0 N–H and O–H groups in total. The maximum Gasteiger partial charge on any atom is 0.306 e. The van der Waals surface area contributed by atoms with E-state index in [0.717, 1.165) is 23.8 Å². The second kappa shape index (κ2) is 7.89. The third-order valence-corrected chi connectivity index (χ3v) is 6.55. The highest BCUT2D eigenvalue weighted by atomic mass is 35.5. The first-order chi connectivity index (χ1) is 12.8. The molecule has 1 heterocycles. The Hall–Kier alpha value is -2.07. The molecule has 0 amide bonds. The lowest BCUT2D eigenvalue weighted by atomic mass is 10.2. The molecular formula is C17H17ClFN3O4S. The number of rotatable bonds is 5. The van der Waals surface area contributed by atoms with E-state index in [1.165, 1.54) is 4.31 Å². The van der Waals surface area contributed by atoms with Crippen LogP contribution in [0.5, 0.6) is 0 Å². The zero-order valence-electron chi connectivity index (χ0n) is 14.2. The molecule has 0 aromatic heterocycles. The molecule has 1 fully saturated rings. The Morgan fingerprint density at radius 2 is 1.70 bits per heavy atom. The van der Waals surface area contributed by atoms with Crippen molar-refractivity contribution in [1.29, 1.82) is 0 Å². The Labute approximate surface area is 161 Å². The number of nitrogens with zero attached hydrogens (tertiary/aromatic N) is 3. The molecule has 0 atom stereocenters. The van der Waals surface area contributed by atoms with E-state index in [4.69, 9.17) is 11.6 Å². The van der Waals surface area contributed by atoms with Crippen LogP contribution in [0.2, 0.25) is 5.02 Å². The van der Waals surface area contributed by atoms with Gasteiger partial charge in [-0.05, 0) is 29.8 Å². The lowest BCUT2D eigenvalue weighted by Crippen LogP contribution is -2.48. The summed E-state index contributed by atoms with van der Waals surface area (Å²) in [4.78, 5) is 11.8. The number of hydrogen-bond donors (Lipinski definition) is 0. The Morgan fingerprint density at radius 1 is 1.07 bits per heavy atom. The molecule has 2 aromatic carbocycles. The van der Waals surface area contributed by atoms with Gasteiger partial charge in [-0.15, -0.1) is 0 Å². The lowest BCUT2D eigenvalue weighted by molar-refractivity contribution is -0.387. The van der Waals surface area contributed by atoms with Crippen LogP contribution in [0.1, 0.15) is 5.56 Å². The van der Waals surface area contributed by atoms with Crippen LogP contribution in [-0.2, 0) is 16.6 Å². The smallest absolute Gasteiger partial charge is 0.296 e. The first-order valence-electron chi connectivity index (χ1n) is 8.18. The zero-order chi connectivity index (χ0) is 19.6. The quantitative estimate of drug-likeness (QED) is 0.556. The largest absolute Gasteiger partial charge is 0.306 e. The van der Waals surface area contributed by atoms with Gasteiger partial charge in [-0.25, -0.2) is 8.42 Å².